The molecular weight excluding hydrogens is 474 g/mol. The van der Waals surface area contributed by atoms with Crippen molar-refractivity contribution in [1.82, 2.24) is 4.90 Å². The van der Waals surface area contributed by atoms with Crippen molar-refractivity contribution >= 4 is 17.4 Å². The Morgan fingerprint density at radius 1 is 1.00 bits per heavy atom. The smallest absolute Gasteiger partial charge is 0.295 e. The van der Waals surface area contributed by atoms with Gasteiger partial charge in [-0.1, -0.05) is 13.0 Å². The first-order valence-corrected chi connectivity index (χ1v) is 12.7. The first-order chi connectivity index (χ1) is 17.7. The summed E-state index contributed by atoms with van der Waals surface area (Å²) in [6.45, 7) is 11.0. The number of hydrogen-bond acceptors (Lipinski definition) is 7. The summed E-state index contributed by atoms with van der Waals surface area (Å²) in [5.41, 5.74) is 1.89. The Morgan fingerprint density at radius 2 is 1.73 bits per heavy atom. The van der Waals surface area contributed by atoms with E-state index in [1.807, 2.05) is 34.6 Å². The molecule has 0 saturated carbocycles. The van der Waals surface area contributed by atoms with Gasteiger partial charge < -0.3 is 29.0 Å². The molecule has 1 fully saturated rings. The average molecular weight is 512 g/mol. The third-order valence-electron chi connectivity index (χ3n) is 5.93. The third-order valence-corrected chi connectivity index (χ3v) is 5.93. The van der Waals surface area contributed by atoms with E-state index in [-0.39, 0.29) is 30.6 Å². The zero-order chi connectivity index (χ0) is 27.1. The Hall–Kier alpha value is -3.52. The summed E-state index contributed by atoms with van der Waals surface area (Å²) in [5.74, 6) is 0.0882. The van der Waals surface area contributed by atoms with Gasteiger partial charge in [0.15, 0.2) is 11.5 Å². The van der Waals surface area contributed by atoms with Crippen molar-refractivity contribution < 1.29 is 33.6 Å². The zero-order valence-electron chi connectivity index (χ0n) is 22.5. The summed E-state index contributed by atoms with van der Waals surface area (Å²) in [6.07, 6.45) is 0.807. The minimum Gasteiger partial charge on any atom is -0.507 e. The van der Waals surface area contributed by atoms with E-state index >= 15 is 0 Å². The molecule has 2 aromatic rings. The van der Waals surface area contributed by atoms with Crippen LogP contribution in [0.2, 0.25) is 0 Å². The van der Waals surface area contributed by atoms with Crippen molar-refractivity contribution in [3.63, 3.8) is 0 Å². The molecule has 0 aliphatic carbocycles. The fourth-order valence-corrected chi connectivity index (χ4v) is 4.29. The van der Waals surface area contributed by atoms with Crippen molar-refractivity contribution in [2.75, 3.05) is 33.5 Å². The number of amides is 1. The second kappa shape index (κ2) is 12.6. The van der Waals surface area contributed by atoms with E-state index < -0.39 is 17.7 Å². The van der Waals surface area contributed by atoms with Crippen LogP contribution >= 0.6 is 0 Å². The van der Waals surface area contributed by atoms with Gasteiger partial charge >= 0.3 is 0 Å². The molecule has 1 heterocycles. The van der Waals surface area contributed by atoms with Gasteiger partial charge in [0.1, 0.15) is 11.5 Å². The molecule has 200 valence electrons. The van der Waals surface area contributed by atoms with Crippen molar-refractivity contribution in [2.45, 2.75) is 53.2 Å². The molecule has 8 heteroatoms. The molecule has 1 unspecified atom stereocenters. The number of aryl methyl sites for hydroxylation is 1. The lowest BCUT2D eigenvalue weighted by molar-refractivity contribution is -0.140. The molecule has 0 spiro atoms. The highest BCUT2D eigenvalue weighted by Gasteiger charge is 2.46. The molecule has 37 heavy (non-hydrogen) atoms. The molecule has 1 saturated heterocycles. The summed E-state index contributed by atoms with van der Waals surface area (Å²) >= 11 is 0. The SMILES string of the molecule is CCCOc1ccc(/C(O)=C2/C(=O)C(=O)N(CCOC)C2c2ccc(OC(C)C)c(OCC)c2)cc1C. The second-order valence-corrected chi connectivity index (χ2v) is 9.12. The summed E-state index contributed by atoms with van der Waals surface area (Å²) in [7, 11) is 1.53. The Morgan fingerprint density at radius 3 is 2.35 bits per heavy atom. The minimum atomic E-state index is -0.821. The number of rotatable bonds is 12. The van der Waals surface area contributed by atoms with E-state index in [0.717, 1.165) is 12.0 Å². The molecule has 8 nitrogen and oxygen atoms in total. The first-order valence-electron chi connectivity index (χ1n) is 12.7. The van der Waals surface area contributed by atoms with Crippen molar-refractivity contribution in [2.24, 2.45) is 0 Å². The van der Waals surface area contributed by atoms with E-state index in [1.54, 1.807) is 36.4 Å². The van der Waals surface area contributed by atoms with Gasteiger partial charge in [-0.3, -0.25) is 9.59 Å². The summed E-state index contributed by atoms with van der Waals surface area (Å²) in [4.78, 5) is 27.8. The van der Waals surface area contributed by atoms with Crippen molar-refractivity contribution in [3.8, 4) is 17.2 Å². The van der Waals surface area contributed by atoms with E-state index in [1.165, 1.54) is 12.0 Å². The van der Waals surface area contributed by atoms with Crippen LogP contribution in [0.5, 0.6) is 17.2 Å². The number of ketones is 1. The monoisotopic (exact) mass is 511 g/mol. The van der Waals surface area contributed by atoms with Crippen LogP contribution < -0.4 is 14.2 Å². The highest BCUT2D eigenvalue weighted by molar-refractivity contribution is 6.46. The van der Waals surface area contributed by atoms with Crippen LogP contribution in [0.4, 0.5) is 0 Å². The molecule has 3 rings (SSSR count). The number of hydrogen-bond donors (Lipinski definition) is 1. The van der Waals surface area contributed by atoms with Crippen molar-refractivity contribution in [3.05, 3.63) is 58.7 Å². The number of likely N-dealkylation sites (tertiary alicyclic amines) is 1. The third kappa shape index (κ3) is 6.25. The minimum absolute atomic E-state index is 0.0164. The molecule has 2 aromatic carbocycles. The van der Waals surface area contributed by atoms with Crippen LogP contribution in [0.1, 0.15) is 56.8 Å². The molecule has 0 bridgehead atoms. The highest BCUT2D eigenvalue weighted by atomic mass is 16.5. The number of aliphatic hydroxyl groups is 1. The topological polar surface area (TPSA) is 94.5 Å². The van der Waals surface area contributed by atoms with Crippen LogP contribution in [0.15, 0.2) is 42.0 Å². The number of benzene rings is 2. The standard InChI is InChI=1S/C29H37NO7/c1-7-14-36-22-11-10-21(16-19(22)5)27(31)25-26(30(13-15-34-6)29(33)28(25)32)20-9-12-23(37-18(3)4)24(17-20)35-8-2/h9-12,16-18,26,31H,7-8,13-15H2,1-6H3/b27-25-. The van der Waals surface area contributed by atoms with Gasteiger partial charge in [0.05, 0.1) is 37.5 Å². The van der Waals surface area contributed by atoms with Gasteiger partial charge in [0.2, 0.25) is 0 Å². The van der Waals surface area contributed by atoms with Gasteiger partial charge in [-0.25, -0.2) is 0 Å². The van der Waals surface area contributed by atoms with Crippen LogP contribution in [0.25, 0.3) is 5.76 Å². The Labute approximate surface area is 218 Å². The van der Waals surface area contributed by atoms with E-state index in [4.69, 9.17) is 18.9 Å². The molecule has 1 aliphatic heterocycles. The zero-order valence-corrected chi connectivity index (χ0v) is 22.5. The van der Waals surface area contributed by atoms with E-state index in [2.05, 4.69) is 0 Å². The molecule has 1 amide bonds. The van der Waals surface area contributed by atoms with Gasteiger partial charge in [-0.15, -0.1) is 0 Å². The quantitative estimate of drug-likeness (QED) is 0.242. The lowest BCUT2D eigenvalue weighted by Crippen LogP contribution is -2.32. The highest BCUT2D eigenvalue weighted by Crippen LogP contribution is 2.42. The normalized spacial score (nSPS) is 16.9. The first kappa shape index (κ1) is 28.1. The molecule has 1 atom stereocenters. The van der Waals surface area contributed by atoms with E-state index in [0.29, 0.717) is 41.6 Å². The fraction of sp³-hybridized carbons (Fsp3) is 0.448. The summed E-state index contributed by atoms with van der Waals surface area (Å²) in [6, 6.07) is 9.71. The van der Waals surface area contributed by atoms with Crippen LogP contribution in [-0.4, -0.2) is 61.3 Å². The number of ether oxygens (including phenoxy) is 4. The number of nitrogens with zero attached hydrogens (tertiary/aromatic N) is 1. The number of Topliss-reactive ketones (excluding diaryl/α,β-unsaturated/α-hetero) is 1. The maximum absolute atomic E-state index is 13.3. The lowest BCUT2D eigenvalue weighted by Gasteiger charge is -2.26. The van der Waals surface area contributed by atoms with Crippen LogP contribution in [0, 0.1) is 6.92 Å². The summed E-state index contributed by atoms with van der Waals surface area (Å²) < 4.78 is 22.6. The number of methoxy groups -OCH3 is 1. The summed E-state index contributed by atoms with van der Waals surface area (Å²) in [5, 5.41) is 11.4. The van der Waals surface area contributed by atoms with Crippen LogP contribution in [0.3, 0.4) is 0 Å². The second-order valence-electron chi connectivity index (χ2n) is 9.12. The van der Waals surface area contributed by atoms with E-state index in [9.17, 15) is 14.7 Å². The largest absolute Gasteiger partial charge is 0.507 e. The molecule has 0 aromatic heterocycles. The van der Waals surface area contributed by atoms with Gasteiger partial charge in [-0.05, 0) is 75.6 Å². The number of carbonyl (C=O) groups is 2. The predicted molar refractivity (Wildman–Crippen MR) is 141 cm³/mol. The molecular formula is C29H37NO7. The van der Waals surface area contributed by atoms with Gasteiger partial charge in [-0.2, -0.15) is 0 Å². The van der Waals surface area contributed by atoms with Gasteiger partial charge in [0.25, 0.3) is 11.7 Å². The fourth-order valence-electron chi connectivity index (χ4n) is 4.29. The Bertz CT molecular complexity index is 1150. The average Bonchev–Trinajstić information content (AvgIpc) is 3.12. The van der Waals surface area contributed by atoms with Gasteiger partial charge in [0, 0.05) is 19.2 Å². The Balaban J connectivity index is 2.14. The predicted octanol–water partition coefficient (Wildman–Crippen LogP) is 5.04. The van der Waals surface area contributed by atoms with Crippen molar-refractivity contribution in [1.29, 1.82) is 0 Å². The molecule has 1 aliphatic rings. The molecule has 1 N–H and O–H groups in total. The Kier molecular flexibility index (Phi) is 9.58. The lowest BCUT2D eigenvalue weighted by atomic mass is 9.94. The molecule has 0 radical (unpaired) electrons. The maximum Gasteiger partial charge on any atom is 0.295 e. The number of carbonyl (C=O) groups excluding carboxylic acids is 2. The maximum atomic E-state index is 13.3. The van der Waals surface area contributed by atoms with Crippen LogP contribution in [-0.2, 0) is 14.3 Å². The number of aliphatic hydroxyl groups excluding tert-OH is 1.